The predicted molar refractivity (Wildman–Crippen MR) is 89.9 cm³/mol. The summed E-state index contributed by atoms with van der Waals surface area (Å²) in [5.41, 5.74) is 0. The summed E-state index contributed by atoms with van der Waals surface area (Å²) in [7, 11) is -6.84. The molecule has 0 aliphatic carbocycles. The van der Waals surface area contributed by atoms with E-state index in [9.17, 15) is 16.8 Å². The first kappa shape index (κ1) is 17.9. The van der Waals surface area contributed by atoms with E-state index in [1.165, 1.54) is 16.4 Å². The van der Waals surface area contributed by atoms with Gasteiger partial charge >= 0.3 is 0 Å². The standard InChI is InChI=1S/C14H20BrNO4S2/c1-11(2)9-16(13-7-8-21(17,18)10-13)22(19,20)14-5-3-12(15)4-6-14/h3-6,11,13H,7-10H2,1-2H3/t13-/m0/s1. The Morgan fingerprint density at radius 1 is 1.27 bits per heavy atom. The van der Waals surface area contributed by atoms with E-state index >= 15 is 0 Å². The molecule has 1 aliphatic rings. The van der Waals surface area contributed by atoms with Crippen LogP contribution in [0.4, 0.5) is 0 Å². The lowest BCUT2D eigenvalue weighted by atomic mass is 10.2. The summed E-state index contributed by atoms with van der Waals surface area (Å²) in [6, 6.07) is 5.95. The van der Waals surface area contributed by atoms with Crippen molar-refractivity contribution >= 4 is 35.8 Å². The second-order valence-corrected chi connectivity index (χ2v) is 11.0. The molecule has 0 saturated carbocycles. The molecule has 0 unspecified atom stereocenters. The summed E-state index contributed by atoms with van der Waals surface area (Å²) in [6.07, 6.45) is 0.366. The van der Waals surface area contributed by atoms with Crippen molar-refractivity contribution in [1.82, 2.24) is 4.31 Å². The predicted octanol–water partition coefficient (Wildman–Crippen LogP) is 2.28. The summed E-state index contributed by atoms with van der Waals surface area (Å²) >= 11 is 3.28. The number of hydrogen-bond donors (Lipinski definition) is 0. The Morgan fingerprint density at radius 2 is 1.86 bits per heavy atom. The van der Waals surface area contributed by atoms with Gasteiger partial charge in [-0.15, -0.1) is 0 Å². The van der Waals surface area contributed by atoms with Crippen LogP contribution in [-0.2, 0) is 19.9 Å². The fourth-order valence-electron chi connectivity index (χ4n) is 2.55. The van der Waals surface area contributed by atoms with Crippen molar-refractivity contribution in [2.45, 2.75) is 31.2 Å². The van der Waals surface area contributed by atoms with Crippen LogP contribution in [0.1, 0.15) is 20.3 Å². The second-order valence-electron chi connectivity index (χ2n) is 5.98. The molecule has 0 amide bonds. The zero-order valence-corrected chi connectivity index (χ0v) is 15.8. The highest BCUT2D eigenvalue weighted by Gasteiger charge is 2.38. The lowest BCUT2D eigenvalue weighted by Gasteiger charge is -2.29. The molecule has 0 spiro atoms. The molecule has 0 bridgehead atoms. The molecule has 8 heteroatoms. The SMILES string of the molecule is CC(C)CN([C@H]1CCS(=O)(=O)C1)S(=O)(=O)c1ccc(Br)cc1. The molecule has 1 aromatic rings. The number of nitrogens with zero attached hydrogens (tertiary/aromatic N) is 1. The first-order chi connectivity index (χ1) is 10.1. The Balaban J connectivity index is 2.38. The molecule has 1 aromatic carbocycles. The molecule has 1 atom stereocenters. The fourth-order valence-corrected chi connectivity index (χ4v) is 6.45. The first-order valence-corrected chi connectivity index (χ1v) is 11.1. The Hall–Kier alpha value is -0.440. The number of halogens is 1. The molecule has 1 heterocycles. The van der Waals surface area contributed by atoms with E-state index < -0.39 is 25.9 Å². The van der Waals surface area contributed by atoms with E-state index in [-0.39, 0.29) is 22.3 Å². The molecule has 0 N–H and O–H groups in total. The minimum absolute atomic E-state index is 0.0577. The minimum Gasteiger partial charge on any atom is -0.229 e. The third-order valence-electron chi connectivity index (χ3n) is 3.58. The van der Waals surface area contributed by atoms with Crippen molar-refractivity contribution in [3.05, 3.63) is 28.7 Å². The van der Waals surface area contributed by atoms with E-state index in [4.69, 9.17) is 0 Å². The van der Waals surface area contributed by atoms with Crippen LogP contribution in [0, 0.1) is 5.92 Å². The summed E-state index contributed by atoms with van der Waals surface area (Å²) < 4.78 is 51.4. The van der Waals surface area contributed by atoms with Gasteiger partial charge in [0.05, 0.1) is 16.4 Å². The number of hydrogen-bond acceptors (Lipinski definition) is 4. The monoisotopic (exact) mass is 409 g/mol. The molecule has 0 radical (unpaired) electrons. The van der Waals surface area contributed by atoms with Crippen molar-refractivity contribution in [2.75, 3.05) is 18.1 Å². The maximum atomic E-state index is 12.9. The Morgan fingerprint density at radius 3 is 2.32 bits per heavy atom. The van der Waals surface area contributed by atoms with Crippen LogP contribution in [0.3, 0.4) is 0 Å². The third-order valence-corrected chi connectivity index (χ3v) is 7.79. The first-order valence-electron chi connectivity index (χ1n) is 7.09. The van der Waals surface area contributed by atoms with E-state index in [0.29, 0.717) is 13.0 Å². The highest BCUT2D eigenvalue weighted by molar-refractivity contribution is 9.10. The smallest absolute Gasteiger partial charge is 0.229 e. The topological polar surface area (TPSA) is 71.5 Å². The van der Waals surface area contributed by atoms with Crippen molar-refractivity contribution in [3.63, 3.8) is 0 Å². The summed E-state index contributed by atoms with van der Waals surface area (Å²) in [5, 5.41) is 0. The maximum Gasteiger partial charge on any atom is 0.243 e. The molecule has 1 aliphatic heterocycles. The van der Waals surface area contributed by atoms with Crippen molar-refractivity contribution in [3.8, 4) is 0 Å². The Bertz CT molecular complexity index is 727. The molecule has 5 nitrogen and oxygen atoms in total. The number of sulfone groups is 1. The molecule has 0 aromatic heterocycles. The molecule has 1 fully saturated rings. The summed E-state index contributed by atoms with van der Waals surface area (Å²) in [5.74, 6) is 0.0888. The van der Waals surface area contributed by atoms with Crippen LogP contribution in [-0.4, -0.2) is 45.2 Å². The minimum atomic E-state index is -3.70. The van der Waals surface area contributed by atoms with E-state index in [2.05, 4.69) is 15.9 Å². The van der Waals surface area contributed by atoms with Gasteiger partial charge in [0.15, 0.2) is 9.84 Å². The van der Waals surface area contributed by atoms with Crippen LogP contribution in [0.25, 0.3) is 0 Å². The van der Waals surface area contributed by atoms with Crippen LogP contribution >= 0.6 is 15.9 Å². The zero-order chi connectivity index (χ0) is 16.5. The van der Waals surface area contributed by atoms with Gasteiger partial charge in [0, 0.05) is 17.1 Å². The highest BCUT2D eigenvalue weighted by Crippen LogP contribution is 2.26. The molecule has 124 valence electrons. The molecule has 2 rings (SSSR count). The second kappa shape index (κ2) is 6.59. The maximum absolute atomic E-state index is 12.9. The van der Waals surface area contributed by atoms with Gasteiger partial charge in [0.25, 0.3) is 0 Å². The van der Waals surface area contributed by atoms with Gasteiger partial charge in [-0.25, -0.2) is 16.8 Å². The molecule has 22 heavy (non-hydrogen) atoms. The zero-order valence-electron chi connectivity index (χ0n) is 12.6. The Kier molecular flexibility index (Phi) is 5.36. The van der Waals surface area contributed by atoms with Crippen LogP contribution in [0.5, 0.6) is 0 Å². The van der Waals surface area contributed by atoms with Crippen molar-refractivity contribution in [2.24, 2.45) is 5.92 Å². The van der Waals surface area contributed by atoms with Crippen LogP contribution < -0.4 is 0 Å². The van der Waals surface area contributed by atoms with Gasteiger partial charge in [0.1, 0.15) is 0 Å². The normalized spacial score (nSPS) is 21.6. The number of sulfonamides is 1. The van der Waals surface area contributed by atoms with Gasteiger partial charge in [-0.2, -0.15) is 4.31 Å². The highest BCUT2D eigenvalue weighted by atomic mass is 79.9. The van der Waals surface area contributed by atoms with Crippen molar-refractivity contribution in [1.29, 1.82) is 0 Å². The fraction of sp³-hybridized carbons (Fsp3) is 0.571. The Labute approximate surface area is 140 Å². The van der Waals surface area contributed by atoms with Gasteiger partial charge in [0.2, 0.25) is 10.0 Å². The van der Waals surface area contributed by atoms with Crippen LogP contribution in [0.2, 0.25) is 0 Å². The summed E-state index contributed by atoms with van der Waals surface area (Å²) in [6.45, 7) is 4.17. The molecular weight excluding hydrogens is 390 g/mol. The quantitative estimate of drug-likeness (QED) is 0.747. The van der Waals surface area contributed by atoms with Gasteiger partial charge in [-0.3, -0.25) is 0 Å². The van der Waals surface area contributed by atoms with E-state index in [1.54, 1.807) is 12.1 Å². The average molecular weight is 410 g/mol. The lowest BCUT2D eigenvalue weighted by molar-refractivity contribution is 0.308. The van der Waals surface area contributed by atoms with Gasteiger partial charge in [-0.1, -0.05) is 29.8 Å². The third kappa shape index (κ3) is 4.10. The average Bonchev–Trinajstić information content (AvgIpc) is 2.76. The van der Waals surface area contributed by atoms with E-state index in [0.717, 1.165) is 4.47 Å². The lowest BCUT2D eigenvalue weighted by Crippen LogP contribution is -2.43. The molecular formula is C14H20BrNO4S2. The van der Waals surface area contributed by atoms with E-state index in [1.807, 2.05) is 13.8 Å². The summed E-state index contributed by atoms with van der Waals surface area (Å²) in [4.78, 5) is 0.195. The molecule has 1 saturated heterocycles. The van der Waals surface area contributed by atoms with Crippen LogP contribution in [0.15, 0.2) is 33.6 Å². The van der Waals surface area contributed by atoms with Gasteiger partial charge in [-0.05, 0) is 36.6 Å². The van der Waals surface area contributed by atoms with Crippen molar-refractivity contribution < 1.29 is 16.8 Å². The van der Waals surface area contributed by atoms with Gasteiger partial charge < -0.3 is 0 Å². The largest absolute Gasteiger partial charge is 0.243 e. The number of rotatable bonds is 5. The number of benzene rings is 1.